The van der Waals surface area contributed by atoms with E-state index in [1.165, 1.54) is 31.3 Å². The summed E-state index contributed by atoms with van der Waals surface area (Å²) >= 11 is 0. The van der Waals surface area contributed by atoms with Crippen LogP contribution >= 0.6 is 0 Å². The smallest absolute Gasteiger partial charge is 0.407 e. The van der Waals surface area contributed by atoms with E-state index in [1.54, 1.807) is 18.2 Å². The summed E-state index contributed by atoms with van der Waals surface area (Å²) in [5, 5.41) is 14.8. The highest BCUT2D eigenvalue weighted by atomic mass is 32.2. The summed E-state index contributed by atoms with van der Waals surface area (Å²) in [6.07, 6.45) is 1.84. The lowest BCUT2D eigenvalue weighted by Crippen LogP contribution is -2.32. The highest BCUT2D eigenvalue weighted by Gasteiger charge is 2.17. The third kappa shape index (κ3) is 6.69. The van der Waals surface area contributed by atoms with E-state index in [2.05, 4.69) is 0 Å². The SMILES string of the molecule is COc1ccc(-c2ccc(OC)c(S(N)(=O)=O)c2)cc1CCN(CCCCC=O)C(=O)O. The predicted molar refractivity (Wildman–Crippen MR) is 120 cm³/mol. The second-order valence-electron chi connectivity index (χ2n) is 7.12. The third-order valence-corrected chi connectivity index (χ3v) is 5.94. The summed E-state index contributed by atoms with van der Waals surface area (Å²) in [5.74, 6) is 0.747. The first-order chi connectivity index (χ1) is 15.2. The number of primary sulfonamides is 1. The number of rotatable bonds is 12. The monoisotopic (exact) mass is 464 g/mol. The third-order valence-electron chi connectivity index (χ3n) is 5.01. The van der Waals surface area contributed by atoms with Crippen LogP contribution in [0, 0.1) is 0 Å². The minimum absolute atomic E-state index is 0.123. The number of sulfonamides is 1. The fraction of sp³-hybridized carbons (Fsp3) is 0.364. The van der Waals surface area contributed by atoms with Gasteiger partial charge in [0.15, 0.2) is 0 Å². The first-order valence-electron chi connectivity index (χ1n) is 10.0. The number of nitrogens with zero attached hydrogens (tertiary/aromatic N) is 1. The molecule has 32 heavy (non-hydrogen) atoms. The molecule has 3 N–H and O–H groups in total. The number of unbranched alkanes of at least 4 members (excludes halogenated alkanes) is 2. The van der Waals surface area contributed by atoms with Gasteiger partial charge < -0.3 is 24.3 Å². The van der Waals surface area contributed by atoms with Crippen LogP contribution in [-0.2, 0) is 21.2 Å². The summed E-state index contributed by atoms with van der Waals surface area (Å²) in [6.45, 7) is 0.586. The predicted octanol–water partition coefficient (Wildman–Crippen LogP) is 2.91. The Labute approximate surface area is 187 Å². The van der Waals surface area contributed by atoms with Gasteiger partial charge in [0.05, 0.1) is 14.2 Å². The van der Waals surface area contributed by atoms with E-state index >= 15 is 0 Å². The maximum atomic E-state index is 11.9. The molecule has 0 atom stereocenters. The zero-order valence-electron chi connectivity index (χ0n) is 18.1. The number of nitrogens with two attached hydrogens (primary N) is 1. The van der Waals surface area contributed by atoms with E-state index in [-0.39, 0.29) is 17.2 Å². The molecule has 2 rings (SSSR count). The van der Waals surface area contributed by atoms with Crippen molar-refractivity contribution >= 4 is 22.4 Å². The Kier molecular flexibility index (Phi) is 9.03. The Morgan fingerprint density at radius 1 is 1.03 bits per heavy atom. The number of carboxylic acid groups (broad SMARTS) is 1. The minimum atomic E-state index is -3.99. The minimum Gasteiger partial charge on any atom is -0.496 e. The number of carbonyl (C=O) groups excluding carboxylic acids is 1. The largest absolute Gasteiger partial charge is 0.496 e. The number of carbonyl (C=O) groups is 2. The van der Waals surface area contributed by atoms with Gasteiger partial charge in [-0.25, -0.2) is 18.4 Å². The highest BCUT2D eigenvalue weighted by Crippen LogP contribution is 2.32. The van der Waals surface area contributed by atoms with Crippen molar-refractivity contribution in [3.63, 3.8) is 0 Å². The molecule has 2 aromatic carbocycles. The average Bonchev–Trinajstić information content (AvgIpc) is 2.77. The van der Waals surface area contributed by atoms with Crippen LogP contribution in [0.5, 0.6) is 11.5 Å². The van der Waals surface area contributed by atoms with E-state index in [4.69, 9.17) is 14.6 Å². The van der Waals surface area contributed by atoms with Crippen molar-refractivity contribution in [3.8, 4) is 22.6 Å². The quantitative estimate of drug-likeness (QED) is 0.364. The van der Waals surface area contributed by atoms with Gasteiger partial charge in [0, 0.05) is 19.5 Å². The first kappa shape index (κ1) is 25.2. The van der Waals surface area contributed by atoms with Crippen molar-refractivity contribution < 1.29 is 32.6 Å². The molecule has 0 radical (unpaired) electrons. The lowest BCUT2D eigenvalue weighted by molar-refractivity contribution is -0.107. The van der Waals surface area contributed by atoms with Crippen LogP contribution in [0.1, 0.15) is 24.8 Å². The fourth-order valence-corrected chi connectivity index (χ4v) is 4.04. The summed E-state index contributed by atoms with van der Waals surface area (Å²) in [7, 11) is -1.10. The Balaban J connectivity index is 2.29. The molecule has 1 amide bonds. The van der Waals surface area contributed by atoms with Crippen molar-refractivity contribution in [2.45, 2.75) is 30.6 Å². The molecule has 0 heterocycles. The summed E-state index contributed by atoms with van der Waals surface area (Å²) in [5.41, 5.74) is 2.11. The Morgan fingerprint density at radius 2 is 1.66 bits per heavy atom. The molecule has 0 aliphatic heterocycles. The van der Waals surface area contributed by atoms with Crippen molar-refractivity contribution in [1.29, 1.82) is 0 Å². The Bertz CT molecular complexity index is 1050. The van der Waals surface area contributed by atoms with Gasteiger partial charge in [-0.05, 0) is 60.2 Å². The number of ether oxygens (including phenoxy) is 2. The second-order valence-corrected chi connectivity index (χ2v) is 8.65. The number of benzene rings is 2. The van der Waals surface area contributed by atoms with Gasteiger partial charge in [0.1, 0.15) is 22.7 Å². The van der Waals surface area contributed by atoms with Gasteiger partial charge in [0.25, 0.3) is 0 Å². The van der Waals surface area contributed by atoms with Crippen LogP contribution in [0.2, 0.25) is 0 Å². The van der Waals surface area contributed by atoms with Crippen molar-refractivity contribution in [2.24, 2.45) is 5.14 Å². The van der Waals surface area contributed by atoms with Gasteiger partial charge in [-0.15, -0.1) is 0 Å². The molecule has 0 aromatic heterocycles. The summed E-state index contributed by atoms with van der Waals surface area (Å²) < 4.78 is 34.4. The van der Waals surface area contributed by atoms with Gasteiger partial charge in [-0.1, -0.05) is 12.1 Å². The molecule has 9 nitrogen and oxygen atoms in total. The molecule has 0 unspecified atom stereocenters. The molecule has 0 aliphatic carbocycles. The van der Waals surface area contributed by atoms with E-state index in [9.17, 15) is 23.1 Å². The Morgan fingerprint density at radius 3 is 2.22 bits per heavy atom. The van der Waals surface area contributed by atoms with Crippen LogP contribution in [0.15, 0.2) is 41.3 Å². The highest BCUT2D eigenvalue weighted by molar-refractivity contribution is 7.89. The topological polar surface area (TPSA) is 136 Å². The number of methoxy groups -OCH3 is 2. The summed E-state index contributed by atoms with van der Waals surface area (Å²) in [6, 6.07) is 10.1. The number of hydrogen-bond acceptors (Lipinski definition) is 6. The Hall–Kier alpha value is -3.11. The standard InChI is InChI=1S/C22H28N2O7S/c1-30-19-8-6-16(17-7-9-20(31-2)21(15-17)32(23,28)29)14-18(19)10-12-24(22(26)27)11-4-3-5-13-25/h6-9,13-15H,3-5,10-12H2,1-2H3,(H,26,27)(H2,23,28,29). The molecular weight excluding hydrogens is 436 g/mol. The number of aldehydes is 1. The maximum Gasteiger partial charge on any atom is 0.407 e. The van der Waals surface area contributed by atoms with E-state index in [0.717, 1.165) is 17.4 Å². The maximum absolute atomic E-state index is 11.9. The van der Waals surface area contributed by atoms with Gasteiger partial charge in [-0.3, -0.25) is 0 Å². The van der Waals surface area contributed by atoms with Crippen LogP contribution < -0.4 is 14.6 Å². The molecule has 0 saturated carbocycles. The van der Waals surface area contributed by atoms with Crippen LogP contribution in [0.25, 0.3) is 11.1 Å². The van der Waals surface area contributed by atoms with Gasteiger partial charge in [-0.2, -0.15) is 0 Å². The second kappa shape index (κ2) is 11.5. The first-order valence-corrected chi connectivity index (χ1v) is 11.6. The van der Waals surface area contributed by atoms with Crippen LogP contribution in [-0.4, -0.2) is 58.1 Å². The van der Waals surface area contributed by atoms with Crippen LogP contribution in [0.3, 0.4) is 0 Å². The molecule has 2 aromatic rings. The molecule has 174 valence electrons. The molecule has 0 fully saturated rings. The van der Waals surface area contributed by atoms with E-state index in [0.29, 0.717) is 43.5 Å². The van der Waals surface area contributed by atoms with Crippen molar-refractivity contribution in [2.75, 3.05) is 27.3 Å². The van der Waals surface area contributed by atoms with Crippen LogP contribution in [0.4, 0.5) is 4.79 Å². The molecule has 0 aliphatic rings. The molecule has 0 saturated heterocycles. The molecular formula is C22H28N2O7S. The molecule has 0 spiro atoms. The normalized spacial score (nSPS) is 11.1. The van der Waals surface area contributed by atoms with Gasteiger partial charge in [0.2, 0.25) is 10.0 Å². The van der Waals surface area contributed by atoms with Gasteiger partial charge >= 0.3 is 6.09 Å². The lowest BCUT2D eigenvalue weighted by Gasteiger charge is -2.20. The van der Waals surface area contributed by atoms with Crippen molar-refractivity contribution in [1.82, 2.24) is 4.90 Å². The van der Waals surface area contributed by atoms with E-state index in [1.807, 2.05) is 6.07 Å². The number of hydrogen-bond donors (Lipinski definition) is 2. The average molecular weight is 465 g/mol. The van der Waals surface area contributed by atoms with Crippen molar-refractivity contribution in [3.05, 3.63) is 42.0 Å². The number of amides is 1. The zero-order chi connectivity index (χ0) is 23.7. The fourth-order valence-electron chi connectivity index (χ4n) is 3.32. The summed E-state index contributed by atoms with van der Waals surface area (Å²) in [4.78, 5) is 23.2. The molecule has 0 bridgehead atoms. The lowest BCUT2D eigenvalue weighted by atomic mass is 10.0. The zero-order valence-corrected chi connectivity index (χ0v) is 18.9. The molecule has 10 heteroatoms. The van der Waals surface area contributed by atoms with E-state index < -0.39 is 16.1 Å².